The predicted octanol–water partition coefficient (Wildman–Crippen LogP) is 0.477. The molecule has 0 aliphatic carbocycles. The van der Waals surface area contributed by atoms with Crippen LogP contribution in [0.5, 0.6) is 0 Å². The van der Waals surface area contributed by atoms with Crippen LogP contribution in [-0.2, 0) is 9.59 Å². The summed E-state index contributed by atoms with van der Waals surface area (Å²) < 4.78 is 0. The van der Waals surface area contributed by atoms with Gasteiger partial charge in [0.25, 0.3) is 0 Å². The summed E-state index contributed by atoms with van der Waals surface area (Å²) >= 11 is 0. The van der Waals surface area contributed by atoms with Crippen molar-refractivity contribution < 1.29 is 14.7 Å². The Bertz CT molecular complexity index is 150. The highest BCUT2D eigenvalue weighted by Crippen LogP contribution is 1.90. The molecule has 0 aromatic heterocycles. The lowest BCUT2D eigenvalue weighted by atomic mass is 10.3. The largest absolute Gasteiger partial charge is 0.480 e. The number of nitrogens with one attached hydrogen (secondary N) is 1. The lowest BCUT2D eigenvalue weighted by Crippen LogP contribution is -2.40. The van der Waals surface area contributed by atoms with E-state index in [1.165, 1.54) is 6.92 Å². The maximum Gasteiger partial charge on any atom is 0.326 e. The van der Waals surface area contributed by atoms with Gasteiger partial charge in [0.1, 0.15) is 6.04 Å². The zero-order valence-electron chi connectivity index (χ0n) is 7.63. The van der Waals surface area contributed by atoms with E-state index in [1.54, 1.807) is 0 Å². The van der Waals surface area contributed by atoms with Gasteiger partial charge in [0.2, 0.25) is 5.91 Å². The van der Waals surface area contributed by atoms with Crippen LogP contribution >= 0.6 is 9.24 Å². The summed E-state index contributed by atoms with van der Waals surface area (Å²) in [6.07, 6.45) is 0.328. The summed E-state index contributed by atoms with van der Waals surface area (Å²) in [6.45, 7) is 5.29. The highest BCUT2D eigenvalue weighted by atomic mass is 31.0. The molecule has 2 unspecified atom stereocenters. The highest BCUT2D eigenvalue weighted by molar-refractivity contribution is 7.16. The number of carboxylic acid groups (broad SMARTS) is 1. The van der Waals surface area contributed by atoms with Gasteiger partial charge in [-0.2, -0.15) is 0 Å². The van der Waals surface area contributed by atoms with Gasteiger partial charge in [0, 0.05) is 6.92 Å². The zero-order valence-corrected chi connectivity index (χ0v) is 8.78. The molecule has 4 nitrogen and oxygen atoms in total. The number of rotatable bonds is 3. The molecule has 72 valence electrons. The Morgan fingerprint density at radius 1 is 1.50 bits per heavy atom. The van der Waals surface area contributed by atoms with Crippen molar-refractivity contribution in [1.82, 2.24) is 5.32 Å². The fourth-order valence-corrected chi connectivity index (χ4v) is 0.786. The first kappa shape index (κ1) is 13.9. The Labute approximate surface area is 74.9 Å². The molecule has 0 aliphatic heterocycles. The number of aliphatic carboxylic acids is 1. The van der Waals surface area contributed by atoms with Crippen LogP contribution in [0.4, 0.5) is 0 Å². The SMILES string of the molecule is CC.CC(=O)NC(CP)C(=O)O. The van der Waals surface area contributed by atoms with Crippen LogP contribution in [0.3, 0.4) is 0 Å². The zero-order chi connectivity index (χ0) is 10.1. The third-order valence-corrected chi connectivity index (χ3v) is 1.38. The maximum atomic E-state index is 10.3. The summed E-state index contributed by atoms with van der Waals surface area (Å²) in [5.74, 6) is -1.33. The molecular formula is C7H16NO3P. The quantitative estimate of drug-likeness (QED) is 0.640. The molecule has 0 aromatic rings. The molecule has 0 aliphatic rings. The van der Waals surface area contributed by atoms with Gasteiger partial charge in [-0.05, 0) is 6.16 Å². The minimum Gasteiger partial charge on any atom is -0.480 e. The Morgan fingerprint density at radius 3 is 2.00 bits per heavy atom. The molecule has 0 fully saturated rings. The first-order chi connectivity index (χ1) is 5.57. The van der Waals surface area contributed by atoms with Crippen LogP contribution in [0.1, 0.15) is 20.8 Å². The minimum absolute atomic E-state index is 0.324. The fourth-order valence-electron chi connectivity index (χ4n) is 0.467. The third kappa shape index (κ3) is 7.48. The molecular weight excluding hydrogens is 177 g/mol. The number of carbonyl (C=O) groups is 2. The molecule has 5 heteroatoms. The summed E-state index contributed by atoms with van der Waals surface area (Å²) in [4.78, 5) is 20.6. The molecule has 0 saturated heterocycles. The van der Waals surface area contributed by atoms with Gasteiger partial charge in [-0.15, -0.1) is 9.24 Å². The minimum atomic E-state index is -1.01. The lowest BCUT2D eigenvalue weighted by Gasteiger charge is -2.08. The molecule has 0 rings (SSSR count). The average molecular weight is 193 g/mol. The van der Waals surface area contributed by atoms with Crippen molar-refractivity contribution in [2.75, 3.05) is 6.16 Å². The molecule has 0 spiro atoms. The smallest absolute Gasteiger partial charge is 0.326 e. The van der Waals surface area contributed by atoms with E-state index in [0.717, 1.165) is 0 Å². The normalized spacial score (nSPS) is 10.7. The van der Waals surface area contributed by atoms with Gasteiger partial charge in [0.05, 0.1) is 0 Å². The van der Waals surface area contributed by atoms with E-state index in [1.807, 2.05) is 13.8 Å². The molecule has 1 amide bonds. The van der Waals surface area contributed by atoms with Gasteiger partial charge in [-0.1, -0.05) is 13.8 Å². The molecule has 0 saturated carbocycles. The van der Waals surface area contributed by atoms with Gasteiger partial charge in [0.15, 0.2) is 0 Å². The van der Waals surface area contributed by atoms with Crippen molar-refractivity contribution >= 4 is 21.1 Å². The number of carbonyl (C=O) groups excluding carboxylic acids is 1. The first-order valence-electron chi connectivity index (χ1n) is 3.78. The van der Waals surface area contributed by atoms with Gasteiger partial charge < -0.3 is 10.4 Å². The van der Waals surface area contributed by atoms with Gasteiger partial charge >= 0.3 is 5.97 Å². The van der Waals surface area contributed by atoms with E-state index in [-0.39, 0.29) is 5.91 Å². The van der Waals surface area contributed by atoms with Crippen LogP contribution < -0.4 is 5.32 Å². The molecule has 2 atom stereocenters. The number of hydrogen-bond donors (Lipinski definition) is 2. The fraction of sp³-hybridized carbons (Fsp3) is 0.714. The van der Waals surface area contributed by atoms with Crippen molar-refractivity contribution in [2.45, 2.75) is 26.8 Å². The predicted molar refractivity (Wildman–Crippen MR) is 51.2 cm³/mol. The van der Waals surface area contributed by atoms with Gasteiger partial charge in [-0.3, -0.25) is 4.79 Å². The Hall–Kier alpha value is -0.630. The summed E-state index contributed by atoms with van der Waals surface area (Å²) in [5, 5.41) is 10.7. The Morgan fingerprint density at radius 2 is 1.92 bits per heavy atom. The van der Waals surface area contributed by atoms with E-state index in [0.29, 0.717) is 6.16 Å². The van der Waals surface area contributed by atoms with E-state index < -0.39 is 12.0 Å². The third-order valence-electron chi connectivity index (χ3n) is 0.911. The van der Waals surface area contributed by atoms with E-state index in [2.05, 4.69) is 14.6 Å². The van der Waals surface area contributed by atoms with E-state index >= 15 is 0 Å². The van der Waals surface area contributed by atoms with Crippen LogP contribution in [0, 0.1) is 0 Å². The highest BCUT2D eigenvalue weighted by Gasteiger charge is 2.14. The second-order valence-corrected chi connectivity index (χ2v) is 2.30. The lowest BCUT2D eigenvalue weighted by molar-refractivity contribution is -0.140. The number of hydrogen-bond acceptors (Lipinski definition) is 2. The molecule has 0 radical (unpaired) electrons. The van der Waals surface area contributed by atoms with Crippen molar-refractivity contribution in [3.05, 3.63) is 0 Å². The van der Waals surface area contributed by atoms with Crippen LogP contribution in [0.15, 0.2) is 0 Å². The van der Waals surface area contributed by atoms with Crippen LogP contribution in [0.25, 0.3) is 0 Å². The second-order valence-electron chi connectivity index (χ2n) is 1.83. The number of carboxylic acids is 1. The summed E-state index contributed by atoms with van der Waals surface area (Å²) in [7, 11) is 2.26. The van der Waals surface area contributed by atoms with Crippen LogP contribution in [-0.4, -0.2) is 29.2 Å². The Kier molecular flexibility index (Phi) is 9.83. The summed E-state index contributed by atoms with van der Waals surface area (Å²) in [6, 6.07) is -0.775. The molecule has 12 heavy (non-hydrogen) atoms. The van der Waals surface area contributed by atoms with Crippen molar-refractivity contribution in [3.8, 4) is 0 Å². The molecule has 2 N–H and O–H groups in total. The van der Waals surface area contributed by atoms with E-state index in [4.69, 9.17) is 5.11 Å². The summed E-state index contributed by atoms with van der Waals surface area (Å²) in [5.41, 5.74) is 0. The first-order valence-corrected chi connectivity index (χ1v) is 4.59. The average Bonchev–Trinajstić information content (AvgIpc) is 2.03. The van der Waals surface area contributed by atoms with E-state index in [9.17, 15) is 9.59 Å². The molecule has 0 bridgehead atoms. The topological polar surface area (TPSA) is 66.4 Å². The Balaban J connectivity index is 0. The standard InChI is InChI=1S/C5H10NO3P.C2H6/c1-3(7)6-4(2-10)5(8)9;1-2/h4H,2,10H2,1H3,(H,6,7)(H,8,9);1-2H3. The van der Waals surface area contributed by atoms with Crippen molar-refractivity contribution in [3.63, 3.8) is 0 Å². The monoisotopic (exact) mass is 193 g/mol. The van der Waals surface area contributed by atoms with Gasteiger partial charge in [-0.25, -0.2) is 4.79 Å². The molecule has 0 aromatic carbocycles. The van der Waals surface area contributed by atoms with Crippen LogP contribution in [0.2, 0.25) is 0 Å². The second kappa shape index (κ2) is 8.47. The van der Waals surface area contributed by atoms with Crippen molar-refractivity contribution in [1.29, 1.82) is 0 Å². The molecule has 0 heterocycles. The number of amides is 1. The van der Waals surface area contributed by atoms with Crippen molar-refractivity contribution in [2.24, 2.45) is 0 Å². The maximum absolute atomic E-state index is 10.3.